The molecule has 0 N–H and O–H groups in total. The van der Waals surface area contributed by atoms with Crippen molar-refractivity contribution >= 4 is 34.9 Å². The maximum atomic E-state index is 13.0. The lowest BCUT2D eigenvalue weighted by atomic mass is 10.0. The van der Waals surface area contributed by atoms with E-state index in [4.69, 9.17) is 18.6 Å². The predicted octanol–water partition coefficient (Wildman–Crippen LogP) is 4.43. The molecule has 0 radical (unpaired) electrons. The monoisotopic (exact) mass is 544 g/mol. The molecule has 4 aromatic rings. The molecule has 0 spiro atoms. The summed E-state index contributed by atoms with van der Waals surface area (Å²) >= 11 is 0. The second-order valence-corrected chi connectivity index (χ2v) is 9.61. The molecule has 40 heavy (non-hydrogen) atoms. The molecule has 1 aliphatic heterocycles. The topological polar surface area (TPSA) is 117 Å². The van der Waals surface area contributed by atoms with Gasteiger partial charge in [-0.3, -0.25) is 14.5 Å². The van der Waals surface area contributed by atoms with Crippen LogP contribution in [0, 0.1) is 5.92 Å². The van der Waals surface area contributed by atoms with Gasteiger partial charge in [0.15, 0.2) is 5.58 Å². The number of ether oxygens (including phenoxy) is 3. The van der Waals surface area contributed by atoms with Gasteiger partial charge in [-0.1, -0.05) is 56.3 Å². The number of nitrogens with zero attached hydrogens (tertiary/aromatic N) is 2. The number of furan rings is 1. The second kappa shape index (κ2) is 11.6. The van der Waals surface area contributed by atoms with E-state index in [1.54, 1.807) is 54.8 Å². The summed E-state index contributed by atoms with van der Waals surface area (Å²) < 4.78 is 23.6. The third kappa shape index (κ3) is 5.26. The van der Waals surface area contributed by atoms with Crippen LogP contribution in [0.25, 0.3) is 11.1 Å². The van der Waals surface area contributed by atoms with E-state index in [1.165, 1.54) is 6.26 Å². The van der Waals surface area contributed by atoms with Gasteiger partial charge in [-0.2, -0.15) is 0 Å². The van der Waals surface area contributed by atoms with Gasteiger partial charge in [-0.05, 0) is 23.6 Å². The number of fused-ring (bicyclic) bond motifs is 2. The number of benzene rings is 2. The fraction of sp³-hybridized carbons (Fsp3) is 0.267. The molecule has 1 aliphatic rings. The molecule has 1 unspecified atom stereocenters. The Morgan fingerprint density at radius 1 is 0.875 bits per heavy atom. The maximum absolute atomic E-state index is 13.0. The number of carbonyl (C=O) groups is 4. The van der Waals surface area contributed by atoms with Gasteiger partial charge in [0, 0.05) is 12.1 Å². The van der Waals surface area contributed by atoms with Gasteiger partial charge < -0.3 is 23.2 Å². The van der Waals surface area contributed by atoms with Gasteiger partial charge in [0.05, 0.1) is 29.5 Å². The Kier molecular flexibility index (Phi) is 7.79. The van der Waals surface area contributed by atoms with Crippen LogP contribution in [0.2, 0.25) is 0 Å². The molecule has 5 rings (SSSR count). The molecule has 2 amide bonds. The number of carbonyl (C=O) groups excluding carboxylic acids is 4. The zero-order chi connectivity index (χ0) is 28.2. The summed E-state index contributed by atoms with van der Waals surface area (Å²) in [5, 5.41) is 0. The zero-order valence-corrected chi connectivity index (χ0v) is 22.1. The van der Waals surface area contributed by atoms with Crippen LogP contribution in [0.15, 0.2) is 77.4 Å². The van der Waals surface area contributed by atoms with E-state index in [9.17, 15) is 19.2 Å². The van der Waals surface area contributed by atoms with Crippen molar-refractivity contribution in [3.05, 3.63) is 95.4 Å². The number of esters is 2. The highest BCUT2D eigenvalue weighted by Gasteiger charge is 2.44. The fourth-order valence-electron chi connectivity index (χ4n) is 4.66. The first-order chi connectivity index (χ1) is 19.4. The quantitative estimate of drug-likeness (QED) is 0.155. The first kappa shape index (κ1) is 26.9. The van der Waals surface area contributed by atoms with Crippen LogP contribution in [0.4, 0.5) is 0 Å². The molecule has 0 saturated heterocycles. The van der Waals surface area contributed by atoms with Crippen LogP contribution in [0.5, 0.6) is 0 Å². The van der Waals surface area contributed by atoms with Crippen LogP contribution >= 0.6 is 0 Å². The maximum Gasteiger partial charge on any atom is 0.355 e. The van der Waals surface area contributed by atoms with Crippen molar-refractivity contribution in [1.29, 1.82) is 0 Å². The van der Waals surface area contributed by atoms with Crippen molar-refractivity contribution in [2.24, 2.45) is 5.92 Å². The van der Waals surface area contributed by atoms with Gasteiger partial charge in [0.25, 0.3) is 11.8 Å². The van der Waals surface area contributed by atoms with Crippen molar-refractivity contribution < 1.29 is 37.8 Å². The Hall–Kier alpha value is -4.70. The van der Waals surface area contributed by atoms with E-state index in [2.05, 4.69) is 0 Å². The molecule has 0 bridgehead atoms. The molecular formula is C30H28N2O8. The number of rotatable bonds is 11. The van der Waals surface area contributed by atoms with Crippen LogP contribution in [0.3, 0.4) is 0 Å². The molecule has 2 aromatic heterocycles. The average molecular weight is 545 g/mol. The third-order valence-electron chi connectivity index (χ3n) is 6.61. The standard InChI is InChI=1S/C30H28N2O8/c1-19(2)26(32-27(33)21-10-6-7-11-22(21)28(32)34)30(36)39-15-14-37-18-31-23-12-13-38-25(23)16-24(31)29(35)40-17-20-8-4-3-5-9-20/h3-13,16,19,26H,14-15,17-18H2,1-2H3. The van der Waals surface area contributed by atoms with Gasteiger partial charge in [-0.15, -0.1) is 0 Å². The first-order valence-corrected chi connectivity index (χ1v) is 12.9. The summed E-state index contributed by atoms with van der Waals surface area (Å²) in [6.45, 7) is 3.47. The zero-order valence-electron chi connectivity index (χ0n) is 22.1. The molecule has 1 atom stereocenters. The van der Waals surface area contributed by atoms with E-state index < -0.39 is 29.8 Å². The minimum absolute atomic E-state index is 0.00863. The summed E-state index contributed by atoms with van der Waals surface area (Å²) in [6, 6.07) is 18.0. The molecule has 10 nitrogen and oxygen atoms in total. The number of imide groups is 1. The highest BCUT2D eigenvalue weighted by atomic mass is 16.6. The number of hydrogen-bond donors (Lipinski definition) is 0. The van der Waals surface area contributed by atoms with E-state index in [1.807, 2.05) is 30.3 Å². The third-order valence-corrected chi connectivity index (χ3v) is 6.61. The largest absolute Gasteiger partial charge is 0.463 e. The Balaban J connectivity index is 1.17. The molecular weight excluding hydrogens is 516 g/mol. The highest BCUT2D eigenvalue weighted by Crippen LogP contribution is 2.28. The number of amides is 2. The van der Waals surface area contributed by atoms with Crippen LogP contribution in [-0.4, -0.2) is 52.5 Å². The van der Waals surface area contributed by atoms with Crippen LogP contribution in [0.1, 0.15) is 50.6 Å². The van der Waals surface area contributed by atoms with Gasteiger partial charge in [0.2, 0.25) is 0 Å². The summed E-state index contributed by atoms with van der Waals surface area (Å²) in [7, 11) is 0. The minimum Gasteiger partial charge on any atom is -0.463 e. The molecule has 0 fully saturated rings. The average Bonchev–Trinajstić information content (AvgIpc) is 3.62. The predicted molar refractivity (Wildman–Crippen MR) is 142 cm³/mol. The van der Waals surface area contributed by atoms with Crippen molar-refractivity contribution in [2.45, 2.75) is 33.2 Å². The summed E-state index contributed by atoms with van der Waals surface area (Å²) in [6.07, 6.45) is 1.51. The molecule has 206 valence electrons. The van der Waals surface area contributed by atoms with Gasteiger partial charge in [0.1, 0.15) is 31.7 Å². The lowest BCUT2D eigenvalue weighted by molar-refractivity contribution is -0.151. The number of aromatic nitrogens is 1. The molecule has 0 aliphatic carbocycles. The Labute approximate surface area is 230 Å². The van der Waals surface area contributed by atoms with Gasteiger partial charge >= 0.3 is 11.9 Å². The minimum atomic E-state index is -1.08. The van der Waals surface area contributed by atoms with Crippen molar-refractivity contribution in [1.82, 2.24) is 9.47 Å². The van der Waals surface area contributed by atoms with Gasteiger partial charge in [-0.25, -0.2) is 9.59 Å². The lowest BCUT2D eigenvalue weighted by Crippen LogP contribution is -2.48. The SMILES string of the molecule is CC(C)C(C(=O)OCCOCn1c(C(=O)OCc2ccccc2)cc2occc21)N1C(=O)c2ccccc2C1=O. The Bertz CT molecular complexity index is 1520. The number of hydrogen-bond acceptors (Lipinski definition) is 8. The Morgan fingerprint density at radius 2 is 1.55 bits per heavy atom. The van der Waals surface area contributed by atoms with E-state index >= 15 is 0 Å². The Morgan fingerprint density at radius 3 is 2.23 bits per heavy atom. The lowest BCUT2D eigenvalue weighted by Gasteiger charge is -2.27. The summed E-state index contributed by atoms with van der Waals surface area (Å²) in [5.74, 6) is -2.64. The summed E-state index contributed by atoms with van der Waals surface area (Å²) in [5.41, 5.74) is 2.80. The van der Waals surface area contributed by atoms with Crippen LogP contribution < -0.4 is 0 Å². The van der Waals surface area contributed by atoms with E-state index in [-0.39, 0.29) is 49.3 Å². The molecule has 3 heterocycles. The highest BCUT2D eigenvalue weighted by molar-refractivity contribution is 6.22. The smallest absolute Gasteiger partial charge is 0.355 e. The van der Waals surface area contributed by atoms with Crippen molar-refractivity contribution in [2.75, 3.05) is 13.2 Å². The second-order valence-electron chi connectivity index (χ2n) is 9.61. The van der Waals surface area contributed by atoms with Crippen molar-refractivity contribution in [3.63, 3.8) is 0 Å². The molecule has 0 saturated carbocycles. The molecule has 2 aromatic carbocycles. The summed E-state index contributed by atoms with van der Waals surface area (Å²) in [4.78, 5) is 52.5. The molecule has 10 heteroatoms. The van der Waals surface area contributed by atoms with E-state index in [0.717, 1.165) is 10.5 Å². The van der Waals surface area contributed by atoms with Crippen LogP contribution in [-0.2, 0) is 32.3 Å². The van der Waals surface area contributed by atoms with E-state index in [0.29, 0.717) is 11.1 Å². The normalized spacial score (nSPS) is 13.6. The first-order valence-electron chi connectivity index (χ1n) is 12.9. The fourth-order valence-corrected chi connectivity index (χ4v) is 4.66. The van der Waals surface area contributed by atoms with Crippen molar-refractivity contribution in [3.8, 4) is 0 Å².